The van der Waals surface area contributed by atoms with Crippen molar-refractivity contribution in [2.24, 2.45) is 0 Å². The van der Waals surface area contributed by atoms with E-state index in [1.54, 1.807) is 14.2 Å². The molecule has 3 aromatic heterocycles. The Bertz CT molecular complexity index is 1010. The highest BCUT2D eigenvalue weighted by atomic mass is 16.5. The van der Waals surface area contributed by atoms with E-state index in [4.69, 9.17) is 29.5 Å². The Labute approximate surface area is 178 Å². The summed E-state index contributed by atoms with van der Waals surface area (Å²) < 4.78 is 12.6. The van der Waals surface area contributed by atoms with Crippen LogP contribution in [0.5, 0.6) is 0 Å². The van der Waals surface area contributed by atoms with Gasteiger partial charge in [0.25, 0.3) is 0 Å². The van der Waals surface area contributed by atoms with Gasteiger partial charge in [-0.25, -0.2) is 19.6 Å². The summed E-state index contributed by atoms with van der Waals surface area (Å²) in [5.41, 5.74) is 6.12. The number of methoxy groups -OCH3 is 2. The van der Waals surface area contributed by atoms with E-state index in [0.29, 0.717) is 19.1 Å². The summed E-state index contributed by atoms with van der Waals surface area (Å²) in [5.74, 6) is 1.16. The maximum absolute atomic E-state index is 5.37. The summed E-state index contributed by atoms with van der Waals surface area (Å²) in [5, 5.41) is 7.95. The van der Waals surface area contributed by atoms with Gasteiger partial charge in [-0.2, -0.15) is 5.10 Å². The molecule has 0 aliphatic heterocycles. The molecule has 3 aromatic rings. The van der Waals surface area contributed by atoms with Crippen molar-refractivity contribution in [3.63, 3.8) is 0 Å². The molecule has 0 aliphatic rings. The van der Waals surface area contributed by atoms with Gasteiger partial charge in [0, 0.05) is 32.5 Å². The van der Waals surface area contributed by atoms with Crippen LogP contribution in [-0.4, -0.2) is 59.2 Å². The second-order valence-electron chi connectivity index (χ2n) is 7.68. The van der Waals surface area contributed by atoms with E-state index in [0.717, 1.165) is 51.7 Å². The Morgan fingerprint density at radius 1 is 1.07 bits per heavy atom. The van der Waals surface area contributed by atoms with Crippen molar-refractivity contribution in [3.05, 3.63) is 29.2 Å². The molecule has 0 unspecified atom stereocenters. The predicted octanol–water partition coefficient (Wildman–Crippen LogP) is 3.76. The van der Waals surface area contributed by atoms with E-state index in [-0.39, 0.29) is 6.04 Å². The maximum Gasteiger partial charge on any atom is 0.177 e. The molecule has 0 radical (unpaired) electrons. The first kappa shape index (κ1) is 22.1. The number of hydrogen-bond donors (Lipinski definition) is 1. The van der Waals surface area contributed by atoms with Crippen LogP contribution in [0.25, 0.3) is 22.4 Å². The van der Waals surface area contributed by atoms with Crippen LogP contribution in [0.4, 0.5) is 5.82 Å². The molecule has 3 heterocycles. The minimum Gasteiger partial charge on any atom is -0.382 e. The molecule has 0 aliphatic carbocycles. The highest BCUT2D eigenvalue weighted by Gasteiger charge is 2.22. The molecule has 1 N–H and O–H groups in total. The molecule has 30 heavy (non-hydrogen) atoms. The van der Waals surface area contributed by atoms with Crippen LogP contribution >= 0.6 is 0 Å². The van der Waals surface area contributed by atoms with Crippen LogP contribution in [-0.2, 0) is 15.9 Å². The Morgan fingerprint density at radius 3 is 2.33 bits per heavy atom. The van der Waals surface area contributed by atoms with Crippen LogP contribution < -0.4 is 5.32 Å². The van der Waals surface area contributed by atoms with Crippen molar-refractivity contribution in [1.29, 1.82) is 0 Å². The normalized spacial score (nSPS) is 11.8. The van der Waals surface area contributed by atoms with Crippen LogP contribution in [0, 0.1) is 6.92 Å². The SMILES string of the molecule is CCc1nc2c(nc1-c1ccc(C(C)C)nc1NC)c(C)nn2C(COC)COC. The maximum atomic E-state index is 5.37. The summed E-state index contributed by atoms with van der Waals surface area (Å²) in [6.45, 7) is 9.29. The number of fused-ring (bicyclic) bond motifs is 1. The highest BCUT2D eigenvalue weighted by molar-refractivity contribution is 5.81. The first-order valence-corrected chi connectivity index (χ1v) is 10.4. The second kappa shape index (κ2) is 9.49. The molecule has 0 saturated heterocycles. The van der Waals surface area contributed by atoms with Crippen molar-refractivity contribution in [1.82, 2.24) is 24.7 Å². The zero-order valence-electron chi connectivity index (χ0n) is 19.0. The molecule has 0 atom stereocenters. The summed E-state index contributed by atoms with van der Waals surface area (Å²) >= 11 is 0. The number of anilines is 1. The van der Waals surface area contributed by atoms with E-state index in [1.807, 2.05) is 18.7 Å². The van der Waals surface area contributed by atoms with Gasteiger partial charge in [0.2, 0.25) is 0 Å². The molecule has 0 fully saturated rings. The molecule has 8 nitrogen and oxygen atoms in total. The monoisotopic (exact) mass is 412 g/mol. The molecular weight excluding hydrogens is 380 g/mol. The van der Waals surface area contributed by atoms with Gasteiger partial charge in [-0.05, 0) is 31.4 Å². The quantitative estimate of drug-likeness (QED) is 0.572. The number of nitrogens with zero attached hydrogens (tertiary/aromatic N) is 5. The van der Waals surface area contributed by atoms with E-state index in [2.05, 4.69) is 38.2 Å². The van der Waals surface area contributed by atoms with E-state index in [1.165, 1.54) is 0 Å². The third-order valence-corrected chi connectivity index (χ3v) is 5.17. The lowest BCUT2D eigenvalue weighted by atomic mass is 10.0. The molecule has 0 saturated carbocycles. The van der Waals surface area contributed by atoms with E-state index < -0.39 is 0 Å². The van der Waals surface area contributed by atoms with Gasteiger partial charge < -0.3 is 14.8 Å². The summed E-state index contributed by atoms with van der Waals surface area (Å²) in [7, 11) is 5.24. The van der Waals surface area contributed by atoms with Gasteiger partial charge in [0.1, 0.15) is 17.4 Å². The van der Waals surface area contributed by atoms with Crippen LogP contribution in [0.15, 0.2) is 12.1 Å². The van der Waals surface area contributed by atoms with Gasteiger partial charge in [0.15, 0.2) is 5.65 Å². The van der Waals surface area contributed by atoms with Crippen molar-refractivity contribution >= 4 is 17.0 Å². The average molecular weight is 413 g/mol. The second-order valence-corrected chi connectivity index (χ2v) is 7.68. The zero-order chi connectivity index (χ0) is 21.8. The molecule has 0 bridgehead atoms. The number of pyridine rings is 1. The van der Waals surface area contributed by atoms with Crippen LogP contribution in [0.3, 0.4) is 0 Å². The molecule has 8 heteroatoms. The number of rotatable bonds is 9. The zero-order valence-corrected chi connectivity index (χ0v) is 19.0. The first-order valence-electron chi connectivity index (χ1n) is 10.4. The topological polar surface area (TPSA) is 87.0 Å². The Morgan fingerprint density at radius 2 is 1.77 bits per heavy atom. The molecule has 162 valence electrons. The number of nitrogens with one attached hydrogen (secondary N) is 1. The standard InChI is InChI=1S/C22H32N6O2/c1-8-17-20(16-9-10-18(13(2)3)24-21(16)23-5)26-19-14(4)27-28(22(19)25-17)15(11-29-6)12-30-7/h9-10,13,15H,8,11-12H2,1-7H3,(H,23,24). The highest BCUT2D eigenvalue weighted by Crippen LogP contribution is 2.31. The van der Waals surface area contributed by atoms with Gasteiger partial charge in [0.05, 0.1) is 30.3 Å². The Kier molecular flexibility index (Phi) is 6.99. The summed E-state index contributed by atoms with van der Waals surface area (Å²) in [6.07, 6.45) is 0.747. The summed E-state index contributed by atoms with van der Waals surface area (Å²) in [4.78, 5) is 14.8. The molecule has 3 rings (SSSR count). The van der Waals surface area contributed by atoms with Crippen molar-refractivity contribution in [2.45, 2.75) is 46.1 Å². The lowest BCUT2D eigenvalue weighted by Gasteiger charge is -2.17. The molecular formula is C22H32N6O2. The minimum absolute atomic E-state index is 0.0686. The lowest BCUT2D eigenvalue weighted by Crippen LogP contribution is -2.21. The fraction of sp³-hybridized carbons (Fsp3) is 0.545. The van der Waals surface area contributed by atoms with Gasteiger partial charge in [-0.3, -0.25) is 0 Å². The number of aryl methyl sites for hydroxylation is 2. The minimum atomic E-state index is -0.0686. The van der Waals surface area contributed by atoms with Crippen LogP contribution in [0.1, 0.15) is 49.8 Å². The lowest BCUT2D eigenvalue weighted by molar-refractivity contribution is 0.0855. The number of aromatic nitrogens is 5. The van der Waals surface area contributed by atoms with Crippen molar-refractivity contribution in [3.8, 4) is 11.3 Å². The Balaban J connectivity index is 2.20. The van der Waals surface area contributed by atoms with Gasteiger partial charge in [-0.1, -0.05) is 20.8 Å². The van der Waals surface area contributed by atoms with Gasteiger partial charge >= 0.3 is 0 Å². The molecule has 0 amide bonds. The summed E-state index contributed by atoms with van der Waals surface area (Å²) in [6, 6.07) is 4.08. The third kappa shape index (κ3) is 4.15. The van der Waals surface area contributed by atoms with Crippen molar-refractivity contribution < 1.29 is 9.47 Å². The smallest absolute Gasteiger partial charge is 0.177 e. The predicted molar refractivity (Wildman–Crippen MR) is 119 cm³/mol. The molecule has 0 aromatic carbocycles. The average Bonchev–Trinajstić information content (AvgIpc) is 3.07. The Hall–Kier alpha value is -2.58. The largest absolute Gasteiger partial charge is 0.382 e. The van der Waals surface area contributed by atoms with E-state index in [9.17, 15) is 0 Å². The number of hydrogen-bond acceptors (Lipinski definition) is 7. The van der Waals surface area contributed by atoms with Gasteiger partial charge in [-0.15, -0.1) is 0 Å². The first-order chi connectivity index (χ1) is 14.4. The van der Waals surface area contributed by atoms with Crippen LogP contribution in [0.2, 0.25) is 0 Å². The van der Waals surface area contributed by atoms with Crippen molar-refractivity contribution in [2.75, 3.05) is 39.8 Å². The fourth-order valence-corrected chi connectivity index (χ4v) is 3.59. The van der Waals surface area contributed by atoms with E-state index >= 15 is 0 Å². The fourth-order valence-electron chi connectivity index (χ4n) is 3.59. The third-order valence-electron chi connectivity index (χ3n) is 5.17. The number of ether oxygens (including phenoxy) is 2. The molecule has 0 spiro atoms.